The fraction of sp³-hybridized carbons (Fsp3) is 1.00. The van der Waals surface area contributed by atoms with Crippen LogP contribution in [0.4, 0.5) is 0 Å². The van der Waals surface area contributed by atoms with Crippen molar-refractivity contribution in [1.29, 1.82) is 0 Å². The van der Waals surface area contributed by atoms with Gasteiger partial charge in [-0.05, 0) is 121 Å². The first kappa shape index (κ1) is 47.6. The zero-order chi connectivity index (χ0) is 40.2. The molecule has 4 saturated heterocycles. The summed E-state index contributed by atoms with van der Waals surface area (Å²) in [5.41, 5.74) is 3.50. The van der Waals surface area contributed by atoms with Crippen LogP contribution in [0.1, 0.15) is 163 Å². The second-order valence-corrected chi connectivity index (χ2v) is 29.9. The summed E-state index contributed by atoms with van der Waals surface area (Å²) in [6.07, 6.45) is 9.47. The fourth-order valence-corrected chi connectivity index (χ4v) is 22.3. The Hall–Kier alpha value is 1.94. The molecule has 6 rings (SSSR count). The van der Waals surface area contributed by atoms with E-state index in [0.717, 1.165) is 46.8 Å². The van der Waals surface area contributed by atoms with Gasteiger partial charge in [-0.3, -0.25) is 0 Å². The molecule has 4 heterocycles. The van der Waals surface area contributed by atoms with Gasteiger partial charge in [-0.1, -0.05) is 126 Å². The third-order valence-corrected chi connectivity index (χ3v) is 25.8. The van der Waals surface area contributed by atoms with E-state index in [4.69, 9.17) is 38.0 Å². The molecule has 0 aromatic heterocycles. The van der Waals surface area contributed by atoms with Crippen molar-refractivity contribution >= 4 is 34.9 Å². The monoisotopic (exact) mass is 912 g/mol. The Morgan fingerprint density at radius 2 is 0.774 bits per heavy atom. The molecule has 0 N–H and O–H groups in total. The van der Waals surface area contributed by atoms with Crippen LogP contribution >= 0.6 is 34.9 Å². The standard InChI is InChI=1S/2C22H41O2P.2ClH.Pd/c2*1-13(2)17-11-10-14(3)12-18(17)25-19(21(6,7)22(25,8)9)20-23-15(4)16(5)24-20;;;/h2*13-20H,10-12H2,1-9H3;2*1H;/q;;;;+2/p-2/t2*14-,15-,16-,17-,18-,19+,25+;;;/m11.../s1. The molecular weight excluding hydrogens is 832 g/mol. The maximum absolute atomic E-state index is 6.34. The summed E-state index contributed by atoms with van der Waals surface area (Å²) in [6.45, 7) is 43.4. The Morgan fingerprint density at radius 1 is 0.509 bits per heavy atom. The van der Waals surface area contributed by atoms with Gasteiger partial charge in [-0.2, -0.15) is 0 Å². The molecule has 0 aromatic rings. The van der Waals surface area contributed by atoms with Crippen LogP contribution in [0.5, 0.6) is 0 Å². The Kier molecular flexibility index (Phi) is 16.4. The molecule has 53 heavy (non-hydrogen) atoms. The van der Waals surface area contributed by atoms with Crippen molar-refractivity contribution in [3.8, 4) is 0 Å². The number of halogens is 2. The van der Waals surface area contributed by atoms with Gasteiger partial charge in [0.1, 0.15) is 0 Å². The molecule has 0 radical (unpaired) electrons. The molecule has 4 nitrogen and oxygen atoms in total. The minimum atomic E-state index is -0.108. The van der Waals surface area contributed by atoms with Gasteiger partial charge >= 0.3 is 35.0 Å². The average molecular weight is 914 g/mol. The van der Waals surface area contributed by atoms with E-state index in [0.29, 0.717) is 21.6 Å². The van der Waals surface area contributed by atoms with Gasteiger partial charge in [-0.25, -0.2) is 0 Å². The SMILES string of the molecule is CC(C)[C@H]1CC[C@@H](C)C[C@H]1[P@@]1[C@@H](C2O[C@H](C)[C@@H](C)O2)C(C)(C)C1(C)C.CC(C)[C@H]1CC[C@@H](C)C[C@H]1[P@@]1[C@@H](C2O[C@H](C)[C@@H](C)O2)C(C)(C)C1(C)C.[Cl][Pd][Cl]. The zero-order valence-electron chi connectivity index (χ0n) is 37.1. The van der Waals surface area contributed by atoms with Crippen LogP contribution in [0.15, 0.2) is 0 Å². The first-order chi connectivity index (χ1) is 24.4. The third-order valence-electron chi connectivity index (χ3n) is 16.4. The average Bonchev–Trinajstić information content (AvgIpc) is 3.55. The minimum absolute atomic E-state index is 0.0178. The molecule has 9 heteroatoms. The predicted molar refractivity (Wildman–Crippen MR) is 229 cm³/mol. The third kappa shape index (κ3) is 9.18. The van der Waals surface area contributed by atoms with Crippen molar-refractivity contribution in [3.63, 3.8) is 0 Å². The van der Waals surface area contributed by atoms with Gasteiger partial charge in [0.15, 0.2) is 12.6 Å². The van der Waals surface area contributed by atoms with Gasteiger partial charge in [-0.15, -0.1) is 0 Å². The topological polar surface area (TPSA) is 36.9 Å². The van der Waals surface area contributed by atoms with Crippen LogP contribution in [0.2, 0.25) is 0 Å². The Labute approximate surface area is 347 Å². The van der Waals surface area contributed by atoms with Crippen LogP contribution < -0.4 is 0 Å². The first-order valence-corrected chi connectivity index (χ1v) is 28.4. The van der Waals surface area contributed by atoms with Crippen LogP contribution in [0.25, 0.3) is 0 Å². The summed E-state index contributed by atoms with van der Waals surface area (Å²) < 4.78 is 25.4. The second kappa shape index (κ2) is 18.3. The summed E-state index contributed by atoms with van der Waals surface area (Å²) in [4.78, 5) is 0. The quantitative estimate of drug-likeness (QED) is 0.197. The van der Waals surface area contributed by atoms with Crippen molar-refractivity contribution in [2.24, 2.45) is 46.3 Å². The maximum atomic E-state index is 6.34. The molecule has 0 unspecified atom stereocenters. The van der Waals surface area contributed by atoms with Crippen molar-refractivity contribution in [3.05, 3.63) is 0 Å². The molecule has 316 valence electrons. The second-order valence-electron chi connectivity index (χ2n) is 21.2. The molecule has 0 spiro atoms. The van der Waals surface area contributed by atoms with Crippen LogP contribution in [0.3, 0.4) is 0 Å². The molecule has 6 fully saturated rings. The summed E-state index contributed by atoms with van der Waals surface area (Å²) in [6, 6.07) is 0. The summed E-state index contributed by atoms with van der Waals surface area (Å²) >= 11 is -0.106. The molecule has 2 saturated carbocycles. The van der Waals surface area contributed by atoms with Gasteiger partial charge < -0.3 is 18.9 Å². The normalized spacial score (nSPS) is 44.8. The van der Waals surface area contributed by atoms with Crippen molar-refractivity contribution in [2.45, 2.75) is 233 Å². The number of hydrogen-bond donors (Lipinski definition) is 0. The molecule has 0 amide bonds. The van der Waals surface area contributed by atoms with E-state index >= 15 is 0 Å². The molecule has 14 atom stereocenters. The molecule has 0 bridgehead atoms. The van der Waals surface area contributed by atoms with E-state index in [-0.39, 0.29) is 79.6 Å². The number of ether oxygens (including phenoxy) is 4. The number of hydrogen-bond acceptors (Lipinski definition) is 4. The fourth-order valence-electron chi connectivity index (χ4n) is 11.4. The van der Waals surface area contributed by atoms with E-state index in [1.165, 1.54) is 38.5 Å². The summed E-state index contributed by atoms with van der Waals surface area (Å²) in [5.74, 6) is 5.12. The van der Waals surface area contributed by atoms with Gasteiger partial charge in [0.25, 0.3) is 0 Å². The van der Waals surface area contributed by atoms with E-state index in [9.17, 15) is 0 Å². The van der Waals surface area contributed by atoms with Crippen LogP contribution in [-0.2, 0) is 34.9 Å². The molecule has 2 aliphatic carbocycles. The van der Waals surface area contributed by atoms with Crippen molar-refractivity contribution in [1.82, 2.24) is 0 Å². The Balaban J connectivity index is 0.000000220. The van der Waals surface area contributed by atoms with Crippen LogP contribution in [-0.4, -0.2) is 69.9 Å². The van der Waals surface area contributed by atoms with Crippen molar-refractivity contribution in [2.75, 3.05) is 0 Å². The van der Waals surface area contributed by atoms with E-state index in [1.54, 1.807) is 0 Å². The zero-order valence-corrected chi connectivity index (χ0v) is 41.9. The molecule has 6 aliphatic rings. The van der Waals surface area contributed by atoms with Crippen molar-refractivity contribution < 1.29 is 34.9 Å². The predicted octanol–water partition coefficient (Wildman–Crippen LogP) is 13.9. The van der Waals surface area contributed by atoms with Gasteiger partial charge in [0, 0.05) is 11.3 Å². The van der Waals surface area contributed by atoms with E-state index in [1.807, 2.05) is 0 Å². The summed E-state index contributed by atoms with van der Waals surface area (Å²) in [7, 11) is 9.41. The molecule has 4 aliphatic heterocycles. The summed E-state index contributed by atoms with van der Waals surface area (Å²) in [5, 5.41) is 0.813. The number of rotatable bonds is 6. The van der Waals surface area contributed by atoms with Gasteiger partial charge in [0.2, 0.25) is 0 Å². The Morgan fingerprint density at radius 3 is 1.02 bits per heavy atom. The molecule has 0 aromatic carbocycles. The van der Waals surface area contributed by atoms with E-state index < -0.39 is 0 Å². The molecular formula is C44H82Cl2O4P2Pd. The van der Waals surface area contributed by atoms with E-state index in [2.05, 4.69) is 125 Å². The van der Waals surface area contributed by atoms with Crippen LogP contribution in [0, 0.1) is 46.3 Å². The Bertz CT molecular complexity index is 1080. The van der Waals surface area contributed by atoms with Gasteiger partial charge in [0.05, 0.1) is 24.4 Å². The first-order valence-electron chi connectivity index (χ1n) is 21.4.